The molecule has 0 aromatic rings. The predicted molar refractivity (Wildman–Crippen MR) is 69.9 cm³/mol. The quantitative estimate of drug-likeness (QED) is 0.605. The minimum Gasteiger partial charge on any atom is -0.396 e. The van der Waals surface area contributed by atoms with Crippen LogP contribution in [0.1, 0.15) is 45.4 Å². The van der Waals surface area contributed by atoms with Crippen molar-refractivity contribution < 1.29 is 14.6 Å². The van der Waals surface area contributed by atoms with Gasteiger partial charge in [0.05, 0.1) is 0 Å². The molecule has 0 spiro atoms. The third-order valence-electron chi connectivity index (χ3n) is 2.23. The van der Waals surface area contributed by atoms with Crippen molar-refractivity contribution in [1.29, 1.82) is 0 Å². The maximum atomic E-state index is 8.04. The molecule has 0 amide bonds. The number of aliphatic hydroxyl groups excluding tert-OH is 1. The van der Waals surface area contributed by atoms with Crippen molar-refractivity contribution in [3.8, 4) is 0 Å². The van der Waals surface area contributed by atoms with Crippen LogP contribution in [0.5, 0.6) is 0 Å². The van der Waals surface area contributed by atoms with Crippen LogP contribution in [0, 0.1) is 0 Å². The second-order valence-corrected chi connectivity index (χ2v) is 4.58. The van der Waals surface area contributed by atoms with Crippen molar-refractivity contribution in [3.05, 3.63) is 0 Å². The zero-order valence-electron chi connectivity index (χ0n) is 10.3. The molecule has 1 N–H and O–H groups in total. The summed E-state index contributed by atoms with van der Waals surface area (Å²) in [6, 6.07) is 0. The lowest BCUT2D eigenvalue weighted by Crippen LogP contribution is -2.22. The Labute approximate surface area is 108 Å². The second-order valence-electron chi connectivity index (χ2n) is 3.79. The highest BCUT2D eigenvalue weighted by Gasteiger charge is 2.12. The van der Waals surface area contributed by atoms with E-state index in [0.717, 1.165) is 37.8 Å². The summed E-state index contributed by atoms with van der Waals surface area (Å²) in [5, 5.41) is 8.94. The average molecular weight is 297 g/mol. The lowest BCUT2D eigenvalue weighted by atomic mass is 10.2. The van der Waals surface area contributed by atoms with E-state index in [1.807, 2.05) is 0 Å². The van der Waals surface area contributed by atoms with Gasteiger partial charge < -0.3 is 14.6 Å². The van der Waals surface area contributed by atoms with E-state index in [1.165, 1.54) is 19.3 Å². The van der Waals surface area contributed by atoms with Gasteiger partial charge in [0.2, 0.25) is 0 Å². The summed E-state index contributed by atoms with van der Waals surface area (Å²) >= 11 is 3.15. The third-order valence-corrected chi connectivity index (χ3v) is 2.79. The van der Waals surface area contributed by atoms with Gasteiger partial charge in [-0.05, 0) is 32.1 Å². The molecule has 0 saturated carbocycles. The molecule has 0 aliphatic carbocycles. The first kappa shape index (κ1) is 16.4. The summed E-state index contributed by atoms with van der Waals surface area (Å²) in [7, 11) is 0. The van der Waals surface area contributed by atoms with Crippen molar-refractivity contribution in [3.63, 3.8) is 0 Å². The summed E-state index contributed by atoms with van der Waals surface area (Å²) < 4.78 is 10.9. The first-order chi connectivity index (χ1) is 7.85. The summed E-state index contributed by atoms with van der Waals surface area (Å²) in [4.78, 5) is 0. The lowest BCUT2D eigenvalue weighted by molar-refractivity contribution is -0.162. The molecule has 0 aromatic carbocycles. The number of alkyl halides is 1. The van der Waals surface area contributed by atoms with Gasteiger partial charge in [0.1, 0.15) is 0 Å². The highest BCUT2D eigenvalue weighted by molar-refractivity contribution is 9.09. The van der Waals surface area contributed by atoms with E-state index < -0.39 is 0 Å². The van der Waals surface area contributed by atoms with Crippen molar-refractivity contribution in [2.75, 3.05) is 25.2 Å². The Hall–Kier alpha value is 0.360. The molecule has 1 atom stereocenters. The Bertz CT molecular complexity index is 125. The molecular formula is C12H25BrO3. The maximum absolute atomic E-state index is 8.04. The Morgan fingerprint density at radius 3 is 2.62 bits per heavy atom. The number of halogens is 1. The SMILES string of the molecule is CCCCOC1CCCCO1.OCCCBr. The first-order valence-corrected chi connectivity index (χ1v) is 7.37. The molecule has 1 heterocycles. The van der Waals surface area contributed by atoms with Gasteiger partial charge in [0, 0.05) is 25.2 Å². The van der Waals surface area contributed by atoms with E-state index in [9.17, 15) is 0 Å². The van der Waals surface area contributed by atoms with Crippen LogP contribution in [0.2, 0.25) is 0 Å². The van der Waals surface area contributed by atoms with Crippen LogP contribution in [-0.2, 0) is 9.47 Å². The van der Waals surface area contributed by atoms with Gasteiger partial charge in [-0.25, -0.2) is 0 Å². The van der Waals surface area contributed by atoms with Crippen LogP contribution in [0.15, 0.2) is 0 Å². The van der Waals surface area contributed by atoms with E-state index in [1.54, 1.807) is 0 Å². The van der Waals surface area contributed by atoms with Crippen LogP contribution in [-0.4, -0.2) is 36.5 Å². The average Bonchev–Trinajstić information content (AvgIpc) is 2.33. The predicted octanol–water partition coefficient (Wildman–Crippen LogP) is 3.09. The lowest BCUT2D eigenvalue weighted by Gasteiger charge is -2.22. The Kier molecular flexibility index (Phi) is 13.7. The Morgan fingerprint density at radius 1 is 1.38 bits per heavy atom. The summed E-state index contributed by atoms with van der Waals surface area (Å²) in [6.45, 7) is 4.22. The van der Waals surface area contributed by atoms with Gasteiger partial charge in [-0.2, -0.15) is 0 Å². The molecule has 4 heteroatoms. The summed E-state index contributed by atoms with van der Waals surface area (Å²) in [6.07, 6.45) is 6.87. The van der Waals surface area contributed by atoms with Gasteiger partial charge in [-0.1, -0.05) is 29.3 Å². The van der Waals surface area contributed by atoms with Crippen molar-refractivity contribution >= 4 is 15.9 Å². The Morgan fingerprint density at radius 2 is 2.19 bits per heavy atom. The van der Waals surface area contributed by atoms with Crippen LogP contribution in [0.25, 0.3) is 0 Å². The highest BCUT2D eigenvalue weighted by Crippen LogP contribution is 2.13. The number of unbranched alkanes of at least 4 members (excludes halogenated alkanes) is 1. The molecule has 1 saturated heterocycles. The topological polar surface area (TPSA) is 38.7 Å². The Balaban J connectivity index is 0.000000385. The summed E-state index contributed by atoms with van der Waals surface area (Å²) in [5.41, 5.74) is 0. The van der Waals surface area contributed by atoms with E-state index >= 15 is 0 Å². The highest BCUT2D eigenvalue weighted by atomic mass is 79.9. The standard InChI is InChI=1S/C9H18O2.C3H7BrO/c1-2-3-7-10-9-6-4-5-8-11-9;4-2-1-3-5/h9H,2-8H2,1H3;5H,1-3H2. The third kappa shape index (κ3) is 10.9. The molecule has 0 bridgehead atoms. The minimum absolute atomic E-state index is 0.107. The molecule has 1 rings (SSSR count). The molecule has 1 fully saturated rings. The number of hydrogen-bond donors (Lipinski definition) is 1. The number of rotatable bonds is 6. The first-order valence-electron chi connectivity index (χ1n) is 6.25. The van der Waals surface area contributed by atoms with Gasteiger partial charge >= 0.3 is 0 Å². The van der Waals surface area contributed by atoms with Crippen LogP contribution >= 0.6 is 15.9 Å². The maximum Gasteiger partial charge on any atom is 0.157 e. The fraction of sp³-hybridized carbons (Fsp3) is 1.00. The zero-order chi connectivity index (χ0) is 12.1. The zero-order valence-corrected chi connectivity index (χ0v) is 11.9. The van der Waals surface area contributed by atoms with Crippen molar-refractivity contribution in [1.82, 2.24) is 0 Å². The monoisotopic (exact) mass is 296 g/mol. The molecule has 0 radical (unpaired) electrons. The normalized spacial score (nSPS) is 20.1. The number of hydrogen-bond acceptors (Lipinski definition) is 3. The van der Waals surface area contributed by atoms with E-state index in [4.69, 9.17) is 14.6 Å². The molecule has 98 valence electrons. The van der Waals surface area contributed by atoms with Gasteiger partial charge in [0.15, 0.2) is 6.29 Å². The molecule has 1 unspecified atom stereocenters. The largest absolute Gasteiger partial charge is 0.396 e. The van der Waals surface area contributed by atoms with Crippen molar-refractivity contribution in [2.24, 2.45) is 0 Å². The van der Waals surface area contributed by atoms with Crippen LogP contribution < -0.4 is 0 Å². The number of ether oxygens (including phenoxy) is 2. The van der Waals surface area contributed by atoms with E-state index in [2.05, 4.69) is 22.9 Å². The smallest absolute Gasteiger partial charge is 0.157 e. The second kappa shape index (κ2) is 13.4. The van der Waals surface area contributed by atoms with Gasteiger partial charge in [0.25, 0.3) is 0 Å². The fourth-order valence-corrected chi connectivity index (χ4v) is 1.51. The molecule has 1 aliphatic heterocycles. The molecule has 1 aliphatic rings. The van der Waals surface area contributed by atoms with Crippen LogP contribution in [0.3, 0.4) is 0 Å². The van der Waals surface area contributed by atoms with E-state index in [0.29, 0.717) is 6.61 Å². The molecule has 3 nitrogen and oxygen atoms in total. The fourth-order valence-electron chi connectivity index (χ4n) is 1.26. The van der Waals surface area contributed by atoms with E-state index in [-0.39, 0.29) is 6.29 Å². The molecule has 16 heavy (non-hydrogen) atoms. The van der Waals surface area contributed by atoms with Gasteiger partial charge in [-0.15, -0.1) is 0 Å². The molecule has 0 aromatic heterocycles. The van der Waals surface area contributed by atoms with Crippen molar-refractivity contribution in [2.45, 2.75) is 51.7 Å². The minimum atomic E-state index is 0.107. The number of aliphatic hydroxyl groups is 1. The summed E-state index contributed by atoms with van der Waals surface area (Å²) in [5.74, 6) is 0. The van der Waals surface area contributed by atoms with Gasteiger partial charge in [-0.3, -0.25) is 0 Å². The molecular weight excluding hydrogens is 272 g/mol. The van der Waals surface area contributed by atoms with Crippen LogP contribution in [0.4, 0.5) is 0 Å².